The van der Waals surface area contributed by atoms with Crippen LogP contribution in [0.25, 0.3) is 4.85 Å². The number of aromatic nitrogens is 2. The normalized spacial score (nSPS) is 21.7. The molecular formula is C23H25N5O2. The molecule has 2 atom stereocenters. The van der Waals surface area contributed by atoms with Crippen molar-refractivity contribution in [3.63, 3.8) is 0 Å². The molecule has 0 bridgehead atoms. The molecule has 1 unspecified atom stereocenters. The number of nitriles is 1. The van der Waals surface area contributed by atoms with Crippen molar-refractivity contribution in [1.29, 1.82) is 5.26 Å². The summed E-state index contributed by atoms with van der Waals surface area (Å²) >= 11 is 0. The number of nitrogens with zero attached hydrogens (tertiary/aromatic N) is 5. The summed E-state index contributed by atoms with van der Waals surface area (Å²) in [6, 6.07) is 5.90. The zero-order valence-electron chi connectivity index (χ0n) is 17.6. The van der Waals surface area contributed by atoms with E-state index in [1.54, 1.807) is 7.11 Å². The topological polar surface area (TPSA) is 86.6 Å². The van der Waals surface area contributed by atoms with Crippen molar-refractivity contribution in [3.05, 3.63) is 51.8 Å². The first-order valence-electron chi connectivity index (χ1n) is 10.1. The number of aromatic hydroxyl groups is 1. The molecule has 0 aliphatic heterocycles. The molecule has 2 aliphatic carbocycles. The van der Waals surface area contributed by atoms with E-state index in [0.717, 1.165) is 48.3 Å². The van der Waals surface area contributed by atoms with E-state index in [1.165, 1.54) is 0 Å². The lowest BCUT2D eigenvalue weighted by Gasteiger charge is -2.48. The molecule has 30 heavy (non-hydrogen) atoms. The molecule has 7 nitrogen and oxygen atoms in total. The highest BCUT2D eigenvalue weighted by atomic mass is 16.5. The third-order valence-electron chi connectivity index (χ3n) is 6.66. The van der Waals surface area contributed by atoms with Crippen LogP contribution in [0.15, 0.2) is 12.1 Å². The molecule has 0 radical (unpaired) electrons. The van der Waals surface area contributed by atoms with Crippen molar-refractivity contribution in [2.75, 3.05) is 27.7 Å². The Balaban J connectivity index is 1.92. The number of rotatable bonds is 4. The number of fused-ring (bicyclic) bond motifs is 4. The molecule has 1 aromatic heterocycles. The molecule has 0 amide bonds. The molecule has 0 saturated carbocycles. The number of phenols is 1. The molecule has 1 N–H and O–H groups in total. The van der Waals surface area contributed by atoms with Gasteiger partial charge in [-0.15, -0.1) is 4.98 Å². The van der Waals surface area contributed by atoms with E-state index >= 15 is 0 Å². The van der Waals surface area contributed by atoms with Gasteiger partial charge in [0.25, 0.3) is 0 Å². The first-order valence-corrected chi connectivity index (χ1v) is 10.1. The Kier molecular flexibility index (Phi) is 5.09. The number of benzene rings is 1. The fraction of sp³-hybridized carbons (Fsp3) is 0.478. The molecular weight excluding hydrogens is 378 g/mol. The molecule has 0 saturated heterocycles. The summed E-state index contributed by atoms with van der Waals surface area (Å²) in [6.45, 7) is 8.25. The van der Waals surface area contributed by atoms with E-state index in [9.17, 15) is 10.4 Å². The van der Waals surface area contributed by atoms with Crippen LogP contribution in [0.2, 0.25) is 0 Å². The van der Waals surface area contributed by atoms with Gasteiger partial charge in [-0.05, 0) is 63.9 Å². The van der Waals surface area contributed by atoms with Gasteiger partial charge < -0.3 is 19.6 Å². The Hall–Kier alpha value is -3.16. The van der Waals surface area contributed by atoms with Crippen molar-refractivity contribution in [2.45, 2.75) is 37.5 Å². The van der Waals surface area contributed by atoms with E-state index in [0.29, 0.717) is 18.6 Å². The fourth-order valence-corrected chi connectivity index (χ4v) is 5.21. The Morgan fingerprint density at radius 3 is 2.83 bits per heavy atom. The third-order valence-corrected chi connectivity index (χ3v) is 6.66. The first kappa shape index (κ1) is 20.1. The van der Waals surface area contributed by atoms with Crippen LogP contribution in [-0.2, 0) is 24.7 Å². The molecule has 1 aromatic carbocycles. The second kappa shape index (κ2) is 7.59. The van der Waals surface area contributed by atoms with Crippen LogP contribution in [0, 0.1) is 23.8 Å². The van der Waals surface area contributed by atoms with Crippen molar-refractivity contribution in [3.8, 4) is 17.6 Å². The zero-order valence-corrected chi connectivity index (χ0v) is 17.6. The Bertz CT molecular complexity index is 1080. The van der Waals surface area contributed by atoms with Crippen LogP contribution in [0.1, 0.15) is 41.1 Å². The van der Waals surface area contributed by atoms with Crippen LogP contribution in [0.5, 0.6) is 11.5 Å². The summed E-state index contributed by atoms with van der Waals surface area (Å²) in [5.41, 5.74) is 3.48. The van der Waals surface area contributed by atoms with Gasteiger partial charge in [0.15, 0.2) is 22.9 Å². The Morgan fingerprint density at radius 2 is 2.17 bits per heavy atom. The lowest BCUT2D eigenvalue weighted by molar-refractivity contribution is 0.170. The second-order valence-electron chi connectivity index (χ2n) is 8.49. The largest absolute Gasteiger partial charge is 0.504 e. The minimum atomic E-state index is -0.314. The standard InChI is InChI=1S/C23H25N5O2/c1-25-22-18(13-24)26-16-11-15-7-5-14-6-8-19(30-4)21(29)20(14)23(15,9-10-28(2)3)12-17(16)27-22/h6,8,15,29H,5,7,9-12H2,2-4H3/t15?,23-/m1/s1. The summed E-state index contributed by atoms with van der Waals surface area (Å²) in [6.07, 6.45) is 4.01. The lowest BCUT2D eigenvalue weighted by atomic mass is 9.55. The molecule has 0 fully saturated rings. The maximum Gasteiger partial charge on any atom is 0.306 e. The summed E-state index contributed by atoms with van der Waals surface area (Å²) in [7, 11) is 5.67. The van der Waals surface area contributed by atoms with Gasteiger partial charge in [-0.25, -0.2) is 4.98 Å². The average molecular weight is 403 g/mol. The maximum atomic E-state index is 11.2. The zero-order chi connectivity index (χ0) is 21.5. The van der Waals surface area contributed by atoms with Crippen molar-refractivity contribution >= 4 is 5.82 Å². The van der Waals surface area contributed by atoms with Gasteiger partial charge >= 0.3 is 5.82 Å². The molecule has 4 rings (SSSR count). The summed E-state index contributed by atoms with van der Waals surface area (Å²) in [5, 5.41) is 20.5. The molecule has 2 aromatic rings. The van der Waals surface area contributed by atoms with Crippen LogP contribution < -0.4 is 4.74 Å². The fourth-order valence-electron chi connectivity index (χ4n) is 5.21. The van der Waals surface area contributed by atoms with E-state index in [2.05, 4.69) is 25.8 Å². The van der Waals surface area contributed by atoms with Crippen molar-refractivity contribution in [1.82, 2.24) is 14.9 Å². The average Bonchev–Trinajstić information content (AvgIpc) is 2.75. The molecule has 154 valence electrons. The van der Waals surface area contributed by atoms with Crippen molar-refractivity contribution in [2.24, 2.45) is 5.92 Å². The van der Waals surface area contributed by atoms with Crippen LogP contribution in [-0.4, -0.2) is 47.7 Å². The quantitative estimate of drug-likeness (QED) is 0.789. The smallest absolute Gasteiger partial charge is 0.306 e. The van der Waals surface area contributed by atoms with Gasteiger partial charge in [0, 0.05) is 17.4 Å². The van der Waals surface area contributed by atoms with Gasteiger partial charge in [-0.3, -0.25) is 0 Å². The Labute approximate surface area is 176 Å². The van der Waals surface area contributed by atoms with Gasteiger partial charge in [-0.2, -0.15) is 5.26 Å². The molecule has 2 aliphatic rings. The van der Waals surface area contributed by atoms with Crippen LogP contribution >= 0.6 is 0 Å². The van der Waals surface area contributed by atoms with Crippen LogP contribution in [0.4, 0.5) is 5.82 Å². The Morgan fingerprint density at radius 1 is 1.37 bits per heavy atom. The second-order valence-corrected chi connectivity index (χ2v) is 8.49. The van der Waals surface area contributed by atoms with Gasteiger partial charge in [0.05, 0.1) is 12.8 Å². The lowest BCUT2D eigenvalue weighted by Crippen LogP contribution is -2.47. The first-order chi connectivity index (χ1) is 14.4. The minimum Gasteiger partial charge on any atom is -0.504 e. The van der Waals surface area contributed by atoms with Gasteiger partial charge in [0.2, 0.25) is 0 Å². The number of methoxy groups -OCH3 is 1. The van der Waals surface area contributed by atoms with E-state index in [1.807, 2.05) is 26.2 Å². The predicted octanol–water partition coefficient (Wildman–Crippen LogP) is 3.16. The number of hydrogen-bond acceptors (Lipinski definition) is 6. The summed E-state index contributed by atoms with van der Waals surface area (Å²) < 4.78 is 5.43. The summed E-state index contributed by atoms with van der Waals surface area (Å²) in [5.74, 6) is 1.03. The SMILES string of the molecule is [C-]#[N+]c1nc2c(nc1C#N)CC1CCc3ccc(OC)c(O)c3[C@]1(CCN(C)C)C2. The predicted molar refractivity (Wildman–Crippen MR) is 112 cm³/mol. The maximum absolute atomic E-state index is 11.2. The van der Waals surface area contributed by atoms with E-state index in [-0.39, 0.29) is 28.6 Å². The van der Waals surface area contributed by atoms with Gasteiger partial charge in [-0.1, -0.05) is 12.6 Å². The van der Waals surface area contributed by atoms with E-state index in [4.69, 9.17) is 11.3 Å². The molecule has 7 heteroatoms. The summed E-state index contributed by atoms with van der Waals surface area (Å²) in [4.78, 5) is 14.6. The van der Waals surface area contributed by atoms with Gasteiger partial charge in [0.1, 0.15) is 6.07 Å². The highest BCUT2D eigenvalue weighted by molar-refractivity contribution is 5.57. The van der Waals surface area contributed by atoms with Crippen molar-refractivity contribution < 1.29 is 9.84 Å². The number of aryl methyl sites for hydroxylation is 1. The van der Waals surface area contributed by atoms with E-state index < -0.39 is 0 Å². The third kappa shape index (κ3) is 3.07. The highest BCUT2D eigenvalue weighted by Crippen LogP contribution is 2.55. The van der Waals surface area contributed by atoms with Crippen LogP contribution in [0.3, 0.4) is 0 Å². The molecule has 0 spiro atoms. The minimum absolute atomic E-state index is 0.0587. The number of phenolic OH excluding ortho intramolecular Hbond substituents is 1. The monoisotopic (exact) mass is 403 g/mol. The highest BCUT2D eigenvalue weighted by Gasteiger charge is 2.50. The molecule has 1 heterocycles. The number of hydrogen-bond donors (Lipinski definition) is 1. The number of ether oxygens (including phenoxy) is 1.